The largest absolute Gasteiger partial charge is 1.28 e. The fourth-order valence-electron chi connectivity index (χ4n) is 10.2. The van der Waals surface area contributed by atoms with Crippen LogP contribution in [0.25, 0.3) is 43.1 Å². The number of ether oxygens (including phenoxy) is 4. The van der Waals surface area contributed by atoms with Crippen LogP contribution >= 0.6 is 0 Å². The van der Waals surface area contributed by atoms with Crippen LogP contribution < -0.4 is 61.0 Å². The van der Waals surface area contributed by atoms with Gasteiger partial charge in [0.2, 0.25) is 0 Å². The third kappa shape index (κ3) is 5.93. The second-order valence-electron chi connectivity index (χ2n) is 16.1. The van der Waals surface area contributed by atoms with Gasteiger partial charge in [0.15, 0.2) is 0 Å². The highest BCUT2D eigenvalue weighted by atomic mass is 16.8. The third-order valence-corrected chi connectivity index (χ3v) is 12.9. The Morgan fingerprint density at radius 3 is 0.953 bits per heavy atom. The molecule has 0 unspecified atom stereocenters. The Labute approximate surface area is 369 Å². The highest BCUT2D eigenvalue weighted by molar-refractivity contribution is 7.19. The zero-order chi connectivity index (χ0) is 43.4. The van der Waals surface area contributed by atoms with Crippen molar-refractivity contribution in [3.63, 3.8) is 0 Å². The van der Waals surface area contributed by atoms with Gasteiger partial charge in [-0.3, -0.25) is 0 Å². The predicted octanol–water partition coefficient (Wildman–Crippen LogP) is 7.99. The van der Waals surface area contributed by atoms with E-state index in [-0.39, 0.29) is 0 Å². The monoisotopic (exact) mass is 840 g/mol. The zero-order valence-corrected chi connectivity index (χ0v) is 35.7. The maximum atomic E-state index is 6.50. The van der Waals surface area contributed by atoms with Crippen molar-refractivity contribution < 1.29 is 28.3 Å². The first-order valence-electron chi connectivity index (χ1n) is 21.3. The molecule has 12 rings (SSSR count). The minimum absolute atomic E-state index is 0.517. The molecule has 64 heavy (non-hydrogen) atoms. The highest BCUT2D eigenvalue weighted by Crippen LogP contribution is 2.46. The normalized spacial score (nSPS) is 13.3. The highest BCUT2D eigenvalue weighted by Gasteiger charge is 2.76. The van der Waals surface area contributed by atoms with Crippen LogP contribution in [-0.2, 0) is 0 Å². The summed E-state index contributed by atoms with van der Waals surface area (Å²) in [6.45, 7) is -2.84. The second kappa shape index (κ2) is 15.4. The van der Waals surface area contributed by atoms with E-state index in [1.165, 1.54) is 21.9 Å². The zero-order valence-electron chi connectivity index (χ0n) is 35.7. The molecule has 2 aliphatic rings. The Hall–Kier alpha value is -7.97. The van der Waals surface area contributed by atoms with Crippen molar-refractivity contribution in [2.24, 2.45) is 0 Å². The summed E-state index contributed by atoms with van der Waals surface area (Å²) >= 11 is 0. The molecule has 2 heterocycles. The average Bonchev–Trinajstić information content (AvgIpc) is 3.35. The first kappa shape index (κ1) is 38.9. The molecule has 0 N–H and O–H groups in total. The van der Waals surface area contributed by atoms with Crippen LogP contribution in [0.1, 0.15) is 0 Å². The second-order valence-corrected chi connectivity index (χ2v) is 16.1. The molecule has 0 aromatic heterocycles. The molecule has 0 atom stereocenters. The van der Waals surface area contributed by atoms with E-state index in [0.717, 1.165) is 43.1 Å². The number of hydrogen-bond acceptors (Lipinski definition) is 6. The van der Waals surface area contributed by atoms with Crippen molar-refractivity contribution in [1.82, 2.24) is 0 Å². The maximum Gasteiger partial charge on any atom is 1.28 e. The van der Waals surface area contributed by atoms with Gasteiger partial charge in [-0.2, -0.15) is 21.9 Å². The molecule has 0 saturated heterocycles. The van der Waals surface area contributed by atoms with E-state index in [1.54, 1.807) is 28.4 Å². The van der Waals surface area contributed by atoms with Crippen molar-refractivity contribution in [2.75, 3.05) is 28.4 Å². The summed E-state index contributed by atoms with van der Waals surface area (Å²) in [6.07, 6.45) is -1.22. The number of methoxy groups -OCH3 is 4. The Balaban J connectivity index is 0.000000158. The summed E-state index contributed by atoms with van der Waals surface area (Å²) in [5.74, 6) is 3.63. The van der Waals surface area contributed by atoms with Gasteiger partial charge in [0, 0.05) is 44.5 Å². The van der Waals surface area contributed by atoms with Crippen LogP contribution in [0.5, 0.6) is 34.5 Å². The molecule has 0 amide bonds. The Morgan fingerprint density at radius 2 is 0.656 bits per heavy atom. The quantitative estimate of drug-likeness (QED) is 0.114. The lowest BCUT2D eigenvalue weighted by Crippen LogP contribution is -2.74. The molecule has 10 heteroatoms. The van der Waals surface area contributed by atoms with E-state index in [0.29, 0.717) is 45.4 Å². The van der Waals surface area contributed by atoms with Crippen molar-refractivity contribution in [3.05, 3.63) is 202 Å². The topological polar surface area (TPSA) is 78.0 Å². The van der Waals surface area contributed by atoms with Crippen LogP contribution in [0.2, 0.25) is 0 Å². The lowest BCUT2D eigenvalue weighted by Gasteiger charge is -2.44. The van der Waals surface area contributed by atoms with Gasteiger partial charge in [-0.1, -0.05) is 158 Å². The predicted molar refractivity (Wildman–Crippen MR) is 261 cm³/mol. The lowest BCUT2D eigenvalue weighted by molar-refractivity contribution is 0.391. The van der Waals surface area contributed by atoms with Gasteiger partial charge in [0.05, 0.1) is 40.6 Å². The van der Waals surface area contributed by atoms with Crippen molar-refractivity contribution in [2.45, 2.75) is 0 Å². The molecular formula is C54H42B2O8. The van der Waals surface area contributed by atoms with Crippen LogP contribution in [0.4, 0.5) is 0 Å². The fourth-order valence-corrected chi connectivity index (χ4v) is 10.2. The molecule has 10 aromatic rings. The van der Waals surface area contributed by atoms with Gasteiger partial charge in [-0.25, -0.2) is 0 Å². The standard InChI is InChI=1S/C30H22BO8.C24H20B/c1-32-19-11-23-29-24(12-20(33-2)16-8-5-7-15(19)27(16)29)37-31(36-23)38-25-13-21(34-3)17-9-6-10-18-22(35-4)14-26(39-31)30(25)28(17)18;1-5-13-21(14-6-1)25(22-15-7-2-8-16-22,23-17-9-3-10-18-23)24-19-11-4-12-20-24/h5-14H,1-4H3;1-20H/q+1;-1. The SMILES string of the molecule is COc1cc2c3c(cc(OC)c4cccc1c43)=[O+][B-]1(O2)Oc2cc(OC)c3cccc4c(OC)cc(c2c34)=[O+]1.c1ccc([B-](c2ccccc2)(c2ccccc2)c2ccccc2)cc1. The summed E-state index contributed by atoms with van der Waals surface area (Å²) in [5, 5.41) is 7.05. The molecule has 1 spiro atoms. The molecule has 8 nitrogen and oxygen atoms in total. The molecule has 10 aromatic carbocycles. The fraction of sp³-hybridized carbons (Fsp3) is 0.0741. The van der Waals surface area contributed by atoms with E-state index in [9.17, 15) is 0 Å². The minimum atomic E-state index is -2.84. The lowest BCUT2D eigenvalue weighted by atomic mass is 9.13. The summed E-state index contributed by atoms with van der Waals surface area (Å²) in [7, 11) is 6.52. The van der Waals surface area contributed by atoms with Gasteiger partial charge in [-0.15, -0.1) is 0 Å². The number of benzene rings is 10. The molecule has 0 radical (unpaired) electrons. The molecule has 0 bridgehead atoms. The maximum absolute atomic E-state index is 6.50. The summed E-state index contributed by atoms with van der Waals surface area (Å²) in [5.41, 5.74) is 6.39. The molecule has 312 valence electrons. The average molecular weight is 841 g/mol. The van der Waals surface area contributed by atoms with Gasteiger partial charge in [-0.05, 0) is 0 Å². The van der Waals surface area contributed by atoms with Gasteiger partial charge < -0.3 is 36.9 Å². The van der Waals surface area contributed by atoms with E-state index < -0.39 is 13.1 Å². The van der Waals surface area contributed by atoms with Crippen molar-refractivity contribution >= 4 is 78.0 Å². The molecule has 0 aliphatic carbocycles. The van der Waals surface area contributed by atoms with Gasteiger partial charge in [0.1, 0.15) is 51.4 Å². The smallest absolute Gasteiger partial charge is 0.496 e. The van der Waals surface area contributed by atoms with Crippen LogP contribution in [-0.4, -0.2) is 41.5 Å². The van der Waals surface area contributed by atoms with E-state index >= 15 is 0 Å². The van der Waals surface area contributed by atoms with E-state index in [4.69, 9.17) is 36.9 Å². The Kier molecular flexibility index (Phi) is 9.38. The molecule has 2 aliphatic heterocycles. The molecular weight excluding hydrogens is 798 g/mol. The van der Waals surface area contributed by atoms with Crippen LogP contribution in [0.3, 0.4) is 0 Å². The summed E-state index contributed by atoms with van der Waals surface area (Å²) in [6, 6.07) is 62.8. The van der Waals surface area contributed by atoms with Gasteiger partial charge >= 0.3 is 17.8 Å². The number of rotatable bonds is 8. The van der Waals surface area contributed by atoms with Crippen LogP contribution in [0.15, 0.2) is 191 Å². The van der Waals surface area contributed by atoms with Crippen molar-refractivity contribution in [1.29, 1.82) is 0 Å². The van der Waals surface area contributed by atoms with Gasteiger partial charge in [0.25, 0.3) is 0 Å². The minimum Gasteiger partial charge on any atom is -0.496 e. The molecule has 0 saturated carbocycles. The first-order chi connectivity index (χ1) is 31.5. The summed E-state index contributed by atoms with van der Waals surface area (Å²) in [4.78, 5) is 0. The third-order valence-electron chi connectivity index (χ3n) is 12.9. The van der Waals surface area contributed by atoms with E-state index in [1.807, 2.05) is 60.7 Å². The Bertz CT molecular complexity index is 3150. The van der Waals surface area contributed by atoms with Crippen LogP contribution in [0, 0.1) is 0 Å². The van der Waals surface area contributed by atoms with E-state index in [2.05, 4.69) is 121 Å². The number of hydrogen-bond donors (Lipinski definition) is 0. The molecule has 0 fully saturated rings. The first-order valence-corrected chi connectivity index (χ1v) is 21.3. The Morgan fingerprint density at radius 1 is 0.359 bits per heavy atom. The van der Waals surface area contributed by atoms with Crippen molar-refractivity contribution in [3.8, 4) is 34.5 Å². The summed E-state index contributed by atoms with van der Waals surface area (Å²) < 4.78 is 49.0.